The highest BCUT2D eigenvalue weighted by Crippen LogP contribution is 2.22. The molecular weight excluding hydrogens is 343 g/mol. The number of amides is 1. The fourth-order valence-electron chi connectivity index (χ4n) is 2.30. The summed E-state index contributed by atoms with van der Waals surface area (Å²) in [6.45, 7) is 2.04. The zero-order valence-electron chi connectivity index (χ0n) is 12.9. The topological polar surface area (TPSA) is 104 Å². The lowest BCUT2D eigenvalue weighted by Crippen LogP contribution is -2.50. The first-order valence-electron chi connectivity index (χ1n) is 7.22. The van der Waals surface area contributed by atoms with E-state index in [0.29, 0.717) is 0 Å². The van der Waals surface area contributed by atoms with Crippen molar-refractivity contribution in [2.24, 2.45) is 0 Å². The van der Waals surface area contributed by atoms with Gasteiger partial charge in [-0.3, -0.25) is 0 Å². The van der Waals surface area contributed by atoms with Gasteiger partial charge in [-0.1, -0.05) is 0 Å². The summed E-state index contributed by atoms with van der Waals surface area (Å²) in [6.07, 6.45) is -0.534. The van der Waals surface area contributed by atoms with Gasteiger partial charge in [0.05, 0.1) is 12.2 Å². The summed E-state index contributed by atoms with van der Waals surface area (Å²) >= 11 is 0. The van der Waals surface area contributed by atoms with Crippen molar-refractivity contribution < 1.29 is 32.2 Å². The number of carbonyl (C=O) groups excluding carboxylic acids is 1. The molecule has 2 rings (SSSR count). The first-order chi connectivity index (χ1) is 11.3. The zero-order valence-corrected chi connectivity index (χ0v) is 13.8. The van der Waals surface area contributed by atoms with E-state index in [-0.39, 0.29) is 38.3 Å². The van der Waals surface area contributed by atoms with Gasteiger partial charge in [0.25, 0.3) is 0 Å². The van der Waals surface area contributed by atoms with Crippen LogP contribution in [0.3, 0.4) is 0 Å². The Morgan fingerprint density at radius 1 is 1.25 bits per heavy atom. The second kappa shape index (κ2) is 7.14. The van der Waals surface area contributed by atoms with E-state index in [2.05, 4.69) is 0 Å². The highest BCUT2D eigenvalue weighted by atomic mass is 32.2. The van der Waals surface area contributed by atoms with Gasteiger partial charge in [-0.25, -0.2) is 22.4 Å². The van der Waals surface area contributed by atoms with E-state index in [0.717, 1.165) is 22.5 Å². The number of sulfonamides is 1. The Morgan fingerprint density at radius 3 is 2.42 bits per heavy atom. The van der Waals surface area contributed by atoms with Crippen molar-refractivity contribution >= 4 is 22.1 Å². The van der Waals surface area contributed by atoms with Gasteiger partial charge in [0.2, 0.25) is 10.0 Å². The maximum absolute atomic E-state index is 13.9. The molecule has 8 nitrogen and oxygen atoms in total. The Morgan fingerprint density at radius 2 is 1.88 bits per heavy atom. The van der Waals surface area contributed by atoms with E-state index < -0.39 is 32.8 Å². The smallest absolute Gasteiger partial charge is 0.409 e. The SMILES string of the molecule is CCOC(=O)N1CCN(S(=O)(=O)c2cc(C(=O)O)ccc2F)CC1. The van der Waals surface area contributed by atoms with Gasteiger partial charge in [-0.05, 0) is 25.1 Å². The summed E-state index contributed by atoms with van der Waals surface area (Å²) in [7, 11) is -4.19. The summed E-state index contributed by atoms with van der Waals surface area (Å²) in [6, 6.07) is 2.60. The van der Waals surface area contributed by atoms with E-state index in [1.807, 2.05) is 0 Å². The standard InChI is InChI=1S/C14H17FN2O6S/c1-2-23-14(20)16-5-7-17(8-6-16)24(21,22)12-9-10(13(18)19)3-4-11(12)15/h3-4,9H,2,5-8H2,1H3,(H,18,19). The van der Waals surface area contributed by atoms with Crippen LogP contribution in [0.4, 0.5) is 9.18 Å². The van der Waals surface area contributed by atoms with Crippen LogP contribution in [0, 0.1) is 5.82 Å². The number of halogens is 1. The molecular formula is C14H17FN2O6S. The summed E-state index contributed by atoms with van der Waals surface area (Å²) in [5, 5.41) is 8.93. The lowest BCUT2D eigenvalue weighted by atomic mass is 10.2. The third-order valence-corrected chi connectivity index (χ3v) is 5.47. The molecule has 0 atom stereocenters. The Labute approximate surface area is 138 Å². The number of carbonyl (C=O) groups is 2. The number of hydrogen-bond acceptors (Lipinski definition) is 5. The van der Waals surface area contributed by atoms with Crippen LogP contribution in [0.2, 0.25) is 0 Å². The quantitative estimate of drug-likeness (QED) is 0.859. The Balaban J connectivity index is 2.19. The van der Waals surface area contributed by atoms with Gasteiger partial charge in [-0.15, -0.1) is 0 Å². The summed E-state index contributed by atoms with van der Waals surface area (Å²) in [5.41, 5.74) is -0.319. The molecule has 0 saturated carbocycles. The van der Waals surface area contributed by atoms with Gasteiger partial charge < -0.3 is 14.7 Å². The van der Waals surface area contributed by atoms with Gasteiger partial charge in [-0.2, -0.15) is 4.31 Å². The third-order valence-electron chi connectivity index (χ3n) is 3.56. The fraction of sp³-hybridized carbons (Fsp3) is 0.429. The first-order valence-corrected chi connectivity index (χ1v) is 8.66. The molecule has 1 heterocycles. The average molecular weight is 360 g/mol. The average Bonchev–Trinajstić information content (AvgIpc) is 2.55. The number of benzene rings is 1. The van der Waals surface area contributed by atoms with Crippen LogP contribution in [0.5, 0.6) is 0 Å². The summed E-state index contributed by atoms with van der Waals surface area (Å²) < 4.78 is 44.9. The van der Waals surface area contributed by atoms with E-state index >= 15 is 0 Å². The molecule has 0 aromatic heterocycles. The van der Waals surface area contributed by atoms with Crippen molar-refractivity contribution in [1.82, 2.24) is 9.21 Å². The Kier molecular flexibility index (Phi) is 5.40. The number of ether oxygens (including phenoxy) is 1. The maximum Gasteiger partial charge on any atom is 0.409 e. The lowest BCUT2D eigenvalue weighted by molar-refractivity contribution is 0.0696. The van der Waals surface area contributed by atoms with Crippen LogP contribution in [-0.4, -0.2) is 67.6 Å². The van der Waals surface area contributed by atoms with Crippen molar-refractivity contribution in [3.05, 3.63) is 29.6 Å². The van der Waals surface area contributed by atoms with Crippen molar-refractivity contribution in [1.29, 1.82) is 0 Å². The van der Waals surface area contributed by atoms with Gasteiger partial charge in [0.15, 0.2) is 0 Å². The number of carboxylic acids is 1. The van der Waals surface area contributed by atoms with Crippen LogP contribution < -0.4 is 0 Å². The van der Waals surface area contributed by atoms with Gasteiger partial charge in [0, 0.05) is 26.2 Å². The van der Waals surface area contributed by atoms with Crippen LogP contribution >= 0.6 is 0 Å². The minimum atomic E-state index is -4.19. The number of piperazine rings is 1. The third kappa shape index (κ3) is 3.65. The fourth-order valence-corrected chi connectivity index (χ4v) is 3.81. The molecule has 1 amide bonds. The second-order valence-corrected chi connectivity index (χ2v) is 6.95. The molecule has 0 bridgehead atoms. The second-order valence-electron chi connectivity index (χ2n) is 5.04. The molecule has 1 aromatic carbocycles. The number of rotatable bonds is 4. The number of nitrogens with zero attached hydrogens (tertiary/aromatic N) is 2. The molecule has 0 spiro atoms. The molecule has 1 aliphatic rings. The van der Waals surface area contributed by atoms with Crippen molar-refractivity contribution in [3.8, 4) is 0 Å². The molecule has 24 heavy (non-hydrogen) atoms. The first kappa shape index (κ1) is 18.1. The van der Waals surface area contributed by atoms with Gasteiger partial charge >= 0.3 is 12.1 Å². The molecule has 0 aliphatic carbocycles. The molecule has 0 radical (unpaired) electrons. The normalized spacial score (nSPS) is 16.0. The van der Waals surface area contributed by atoms with Gasteiger partial charge in [0.1, 0.15) is 10.7 Å². The monoisotopic (exact) mass is 360 g/mol. The highest BCUT2D eigenvalue weighted by molar-refractivity contribution is 7.89. The zero-order chi connectivity index (χ0) is 17.9. The molecule has 1 aromatic rings. The predicted octanol–water partition coefficient (Wildman–Crippen LogP) is 0.987. The lowest BCUT2D eigenvalue weighted by Gasteiger charge is -2.33. The van der Waals surface area contributed by atoms with Crippen molar-refractivity contribution in [2.75, 3.05) is 32.8 Å². The molecule has 1 aliphatic heterocycles. The Bertz CT molecular complexity index is 744. The highest BCUT2D eigenvalue weighted by Gasteiger charge is 2.32. The van der Waals surface area contributed by atoms with E-state index in [1.54, 1.807) is 6.92 Å². The minimum Gasteiger partial charge on any atom is -0.478 e. The molecule has 1 fully saturated rings. The van der Waals surface area contributed by atoms with E-state index in [9.17, 15) is 22.4 Å². The molecule has 1 saturated heterocycles. The number of carboxylic acid groups (broad SMARTS) is 1. The molecule has 132 valence electrons. The number of aromatic carboxylic acids is 1. The minimum absolute atomic E-state index is 0.0299. The van der Waals surface area contributed by atoms with Crippen molar-refractivity contribution in [2.45, 2.75) is 11.8 Å². The van der Waals surface area contributed by atoms with Crippen molar-refractivity contribution in [3.63, 3.8) is 0 Å². The summed E-state index contributed by atoms with van der Waals surface area (Å²) in [5.74, 6) is -2.37. The van der Waals surface area contributed by atoms with Crippen LogP contribution in [-0.2, 0) is 14.8 Å². The molecule has 1 N–H and O–H groups in total. The maximum atomic E-state index is 13.9. The molecule has 10 heteroatoms. The van der Waals surface area contributed by atoms with Crippen LogP contribution in [0.1, 0.15) is 17.3 Å². The predicted molar refractivity (Wildman–Crippen MR) is 80.7 cm³/mol. The molecule has 0 unspecified atom stereocenters. The van der Waals surface area contributed by atoms with Crippen LogP contribution in [0.15, 0.2) is 23.1 Å². The Hall–Kier alpha value is -2.20. The van der Waals surface area contributed by atoms with Crippen LogP contribution in [0.25, 0.3) is 0 Å². The van der Waals surface area contributed by atoms with E-state index in [4.69, 9.17) is 9.84 Å². The van der Waals surface area contributed by atoms with E-state index in [1.165, 1.54) is 4.90 Å². The number of hydrogen-bond donors (Lipinski definition) is 1. The summed E-state index contributed by atoms with van der Waals surface area (Å²) in [4.78, 5) is 23.2. The largest absolute Gasteiger partial charge is 0.478 e.